The van der Waals surface area contributed by atoms with Crippen LogP contribution in [0.4, 0.5) is 10.5 Å². The van der Waals surface area contributed by atoms with Crippen LogP contribution in [0.3, 0.4) is 0 Å². The summed E-state index contributed by atoms with van der Waals surface area (Å²) in [6.45, 7) is 5.44. The Morgan fingerprint density at radius 1 is 1.17 bits per heavy atom. The third-order valence-electron chi connectivity index (χ3n) is 3.94. The van der Waals surface area contributed by atoms with E-state index in [9.17, 15) is 13.2 Å². The van der Waals surface area contributed by atoms with Gasteiger partial charge in [-0.2, -0.15) is 11.3 Å². The number of hydrogen-bond donors (Lipinski definition) is 3. The standard InChI is InChI=1S/C20H23N3O4S3/c1-20(2,3)27-19(24)22-16(10-13-4-6-15(7-5-13)23-30(25)26)18-21-17(12-29-18)14-8-9-28-11-14/h4-9,11-12,16,30H,10H2,1-3H3,(H,22,24)(H,23,25,26)/t16-/m0/s1. The van der Waals surface area contributed by atoms with Gasteiger partial charge in [-0.15, -0.1) is 11.3 Å². The van der Waals surface area contributed by atoms with E-state index in [0.717, 1.165) is 21.8 Å². The van der Waals surface area contributed by atoms with Crippen LogP contribution in [-0.4, -0.2) is 25.1 Å². The van der Waals surface area contributed by atoms with Crippen LogP contribution in [0.15, 0.2) is 46.5 Å². The molecule has 30 heavy (non-hydrogen) atoms. The molecule has 0 radical (unpaired) electrons. The summed E-state index contributed by atoms with van der Waals surface area (Å²) in [6.07, 6.45) is -0.0268. The first-order valence-electron chi connectivity index (χ1n) is 9.17. The van der Waals surface area contributed by atoms with Gasteiger partial charge >= 0.3 is 6.09 Å². The van der Waals surface area contributed by atoms with Crippen molar-refractivity contribution < 1.29 is 17.9 Å². The maximum atomic E-state index is 12.4. The molecule has 0 fully saturated rings. The van der Waals surface area contributed by atoms with Gasteiger partial charge in [0.2, 0.25) is 10.9 Å². The number of carbonyl (C=O) groups is 1. The Bertz CT molecular complexity index is 1040. The Kier molecular flexibility index (Phi) is 7.11. The summed E-state index contributed by atoms with van der Waals surface area (Å²) in [7, 11) is -2.71. The second kappa shape index (κ2) is 9.59. The first-order chi connectivity index (χ1) is 14.2. The van der Waals surface area contributed by atoms with Crippen LogP contribution < -0.4 is 10.0 Å². The van der Waals surface area contributed by atoms with Gasteiger partial charge in [-0.1, -0.05) is 12.1 Å². The number of carbonyl (C=O) groups excluding carboxylic acids is 1. The third kappa shape index (κ3) is 6.54. The van der Waals surface area contributed by atoms with Crippen molar-refractivity contribution in [1.29, 1.82) is 0 Å². The Morgan fingerprint density at radius 3 is 2.50 bits per heavy atom. The van der Waals surface area contributed by atoms with Crippen LogP contribution in [0.25, 0.3) is 11.3 Å². The summed E-state index contributed by atoms with van der Waals surface area (Å²) in [6, 6.07) is 8.63. The molecule has 3 aromatic rings. The molecule has 0 saturated heterocycles. The van der Waals surface area contributed by atoms with Crippen molar-refractivity contribution >= 4 is 45.3 Å². The molecular weight excluding hydrogens is 442 g/mol. The van der Waals surface area contributed by atoms with Crippen molar-refractivity contribution in [2.24, 2.45) is 0 Å². The molecule has 1 amide bonds. The van der Waals surface area contributed by atoms with Crippen molar-refractivity contribution in [2.45, 2.75) is 38.8 Å². The number of thiophene rings is 1. The van der Waals surface area contributed by atoms with Gasteiger partial charge < -0.3 is 10.1 Å². The fourth-order valence-corrected chi connectivity index (χ4v) is 4.59. The van der Waals surface area contributed by atoms with E-state index in [0.29, 0.717) is 12.1 Å². The van der Waals surface area contributed by atoms with Crippen molar-refractivity contribution in [3.8, 4) is 11.3 Å². The number of nitrogens with one attached hydrogen (secondary N) is 2. The average molecular weight is 466 g/mol. The Morgan fingerprint density at radius 2 is 1.90 bits per heavy atom. The van der Waals surface area contributed by atoms with Crippen molar-refractivity contribution in [2.75, 3.05) is 4.72 Å². The van der Waals surface area contributed by atoms with Crippen LogP contribution >= 0.6 is 22.7 Å². The van der Waals surface area contributed by atoms with Crippen molar-refractivity contribution in [3.05, 3.63) is 57.0 Å². The molecule has 10 heteroatoms. The van der Waals surface area contributed by atoms with Gasteiger partial charge in [-0.25, -0.2) is 18.2 Å². The van der Waals surface area contributed by atoms with Gasteiger partial charge in [0, 0.05) is 22.0 Å². The molecule has 2 aromatic heterocycles. The number of hydrogen-bond acceptors (Lipinski definition) is 7. The summed E-state index contributed by atoms with van der Waals surface area (Å²) >= 11 is 3.08. The van der Waals surface area contributed by atoms with Crippen molar-refractivity contribution in [3.63, 3.8) is 0 Å². The number of thiol groups is 1. The number of rotatable bonds is 7. The van der Waals surface area contributed by atoms with E-state index in [-0.39, 0.29) is 6.04 Å². The summed E-state index contributed by atoms with van der Waals surface area (Å²) in [4.78, 5) is 17.1. The van der Waals surface area contributed by atoms with Crippen LogP contribution in [0.2, 0.25) is 0 Å². The van der Waals surface area contributed by atoms with E-state index < -0.39 is 22.6 Å². The molecule has 0 aliphatic heterocycles. The highest BCUT2D eigenvalue weighted by Gasteiger charge is 2.23. The van der Waals surface area contributed by atoms with E-state index in [1.807, 2.05) is 55.1 Å². The normalized spacial score (nSPS) is 12.5. The topological polar surface area (TPSA) is 97.4 Å². The molecule has 0 unspecified atom stereocenters. The zero-order valence-corrected chi connectivity index (χ0v) is 19.3. The number of alkyl carbamates (subject to hydrolysis) is 1. The van der Waals surface area contributed by atoms with Crippen LogP contribution in [0, 0.1) is 0 Å². The minimum absolute atomic E-state index is 0.382. The molecule has 2 heterocycles. The molecule has 1 atom stereocenters. The third-order valence-corrected chi connectivity index (χ3v) is 6.02. The SMILES string of the molecule is CC(C)(C)OC(=O)N[C@@H](Cc1ccc(N[SH](=O)=O)cc1)c1nc(-c2ccsc2)cs1. The maximum Gasteiger partial charge on any atom is 0.408 e. The molecule has 0 saturated carbocycles. The fourth-order valence-electron chi connectivity index (χ4n) is 2.70. The quantitative estimate of drug-likeness (QED) is 0.443. The van der Waals surface area contributed by atoms with E-state index in [1.165, 1.54) is 11.3 Å². The number of nitrogens with zero attached hydrogens (tertiary/aromatic N) is 1. The average Bonchev–Trinajstić information content (AvgIpc) is 3.32. The van der Waals surface area contributed by atoms with Gasteiger partial charge in [-0.3, -0.25) is 4.72 Å². The predicted molar refractivity (Wildman–Crippen MR) is 122 cm³/mol. The number of aromatic nitrogens is 1. The molecule has 2 N–H and O–H groups in total. The molecule has 7 nitrogen and oxygen atoms in total. The molecule has 0 aliphatic rings. The van der Waals surface area contributed by atoms with E-state index in [2.05, 4.69) is 10.0 Å². The first kappa shape index (κ1) is 22.3. The molecule has 0 aliphatic carbocycles. The highest BCUT2D eigenvalue weighted by atomic mass is 32.2. The van der Waals surface area contributed by atoms with Gasteiger partial charge in [0.1, 0.15) is 10.6 Å². The molecular formula is C20H23N3O4S3. The van der Waals surface area contributed by atoms with Crippen LogP contribution in [-0.2, 0) is 22.0 Å². The van der Waals surface area contributed by atoms with E-state index in [4.69, 9.17) is 9.72 Å². The second-order valence-electron chi connectivity index (χ2n) is 7.55. The number of amides is 1. The number of thiazole rings is 1. The monoisotopic (exact) mass is 465 g/mol. The minimum atomic E-state index is -2.71. The van der Waals surface area contributed by atoms with Gasteiger partial charge in [0.05, 0.1) is 11.7 Å². The molecule has 160 valence electrons. The molecule has 0 spiro atoms. The molecule has 1 aromatic carbocycles. The van der Waals surface area contributed by atoms with Gasteiger partial charge in [0.25, 0.3) is 0 Å². The number of ether oxygens (including phenoxy) is 1. The minimum Gasteiger partial charge on any atom is -0.444 e. The Balaban J connectivity index is 1.81. The number of anilines is 1. The Labute approximate surface area is 185 Å². The van der Waals surface area contributed by atoms with E-state index in [1.54, 1.807) is 23.5 Å². The highest BCUT2D eigenvalue weighted by molar-refractivity contribution is 7.73. The summed E-state index contributed by atoms with van der Waals surface area (Å²) in [5.74, 6) is 0. The van der Waals surface area contributed by atoms with Crippen LogP contribution in [0.5, 0.6) is 0 Å². The highest BCUT2D eigenvalue weighted by Crippen LogP contribution is 2.29. The zero-order chi connectivity index (χ0) is 21.7. The molecule has 3 rings (SSSR count). The van der Waals surface area contributed by atoms with Crippen molar-refractivity contribution in [1.82, 2.24) is 10.3 Å². The predicted octanol–water partition coefficient (Wildman–Crippen LogP) is 4.62. The lowest BCUT2D eigenvalue weighted by Crippen LogP contribution is -2.35. The lowest BCUT2D eigenvalue weighted by Gasteiger charge is -2.23. The lowest BCUT2D eigenvalue weighted by molar-refractivity contribution is 0.0503. The summed E-state index contributed by atoms with van der Waals surface area (Å²) in [5.41, 5.74) is 2.71. The smallest absolute Gasteiger partial charge is 0.408 e. The Hall–Kier alpha value is -2.43. The summed E-state index contributed by atoms with van der Waals surface area (Å²) in [5, 5.41) is 9.69. The number of benzene rings is 1. The second-order valence-corrected chi connectivity index (χ2v) is 9.96. The fraction of sp³-hybridized carbons (Fsp3) is 0.300. The lowest BCUT2D eigenvalue weighted by atomic mass is 10.1. The molecule has 0 bridgehead atoms. The van der Waals surface area contributed by atoms with E-state index >= 15 is 0 Å². The van der Waals surface area contributed by atoms with Crippen LogP contribution in [0.1, 0.15) is 37.4 Å². The van der Waals surface area contributed by atoms with Gasteiger partial charge in [0.15, 0.2) is 0 Å². The largest absolute Gasteiger partial charge is 0.444 e. The van der Waals surface area contributed by atoms with Gasteiger partial charge in [-0.05, 0) is 56.3 Å². The zero-order valence-electron chi connectivity index (χ0n) is 16.7. The first-order valence-corrected chi connectivity index (χ1v) is 12.2. The summed E-state index contributed by atoms with van der Waals surface area (Å²) < 4.78 is 29.4. The maximum absolute atomic E-state index is 12.4.